The van der Waals surface area contributed by atoms with Crippen LogP contribution in [0.15, 0.2) is 23.3 Å². The number of anilines is 1. The first kappa shape index (κ1) is 15.4. The van der Waals surface area contributed by atoms with Crippen LogP contribution in [0.4, 0.5) is 17.1 Å². The summed E-state index contributed by atoms with van der Waals surface area (Å²) in [6, 6.07) is 3.53. The SMILES string of the molecule is CC1CC1C(=NNc1ccc([N+](=O)[O-])cc1[N+](=O)[O-])C1CC1C. The molecule has 2 fully saturated rings. The van der Waals surface area contributed by atoms with E-state index >= 15 is 0 Å². The Bertz CT molecular complexity index is 685. The zero-order valence-corrected chi connectivity index (χ0v) is 12.9. The maximum atomic E-state index is 11.1. The molecule has 8 nitrogen and oxygen atoms in total. The fraction of sp³-hybridized carbons (Fsp3) is 0.533. The summed E-state index contributed by atoms with van der Waals surface area (Å²) in [6.45, 7) is 4.34. The van der Waals surface area contributed by atoms with Crippen LogP contribution in [0.2, 0.25) is 0 Å². The summed E-state index contributed by atoms with van der Waals surface area (Å²) in [4.78, 5) is 20.6. The molecule has 3 rings (SSSR count). The van der Waals surface area contributed by atoms with Crippen molar-refractivity contribution in [2.75, 3.05) is 5.43 Å². The molecule has 4 unspecified atom stereocenters. The van der Waals surface area contributed by atoms with Crippen molar-refractivity contribution in [3.8, 4) is 0 Å². The number of non-ortho nitro benzene ring substituents is 1. The molecule has 0 aromatic heterocycles. The van der Waals surface area contributed by atoms with Crippen LogP contribution < -0.4 is 5.43 Å². The molecule has 4 atom stereocenters. The summed E-state index contributed by atoms with van der Waals surface area (Å²) in [5.74, 6) is 2.12. The highest BCUT2D eigenvalue weighted by atomic mass is 16.6. The number of nitrogens with one attached hydrogen (secondary N) is 1. The third-order valence-electron chi connectivity index (χ3n) is 4.67. The van der Waals surface area contributed by atoms with Gasteiger partial charge in [0.2, 0.25) is 0 Å². The maximum absolute atomic E-state index is 11.1. The molecule has 2 aliphatic carbocycles. The van der Waals surface area contributed by atoms with Crippen molar-refractivity contribution >= 4 is 22.8 Å². The van der Waals surface area contributed by atoms with Crippen molar-refractivity contribution in [2.24, 2.45) is 28.8 Å². The fourth-order valence-corrected chi connectivity index (χ4v) is 2.91. The van der Waals surface area contributed by atoms with Crippen LogP contribution >= 0.6 is 0 Å². The van der Waals surface area contributed by atoms with Crippen LogP contribution in [-0.4, -0.2) is 15.6 Å². The van der Waals surface area contributed by atoms with Crippen LogP contribution in [0.3, 0.4) is 0 Å². The molecule has 122 valence electrons. The number of nitrogens with zero attached hydrogens (tertiary/aromatic N) is 3. The minimum absolute atomic E-state index is 0.180. The third-order valence-corrected chi connectivity index (χ3v) is 4.67. The van der Waals surface area contributed by atoms with Gasteiger partial charge in [-0.1, -0.05) is 13.8 Å². The highest BCUT2D eigenvalue weighted by Crippen LogP contribution is 2.49. The summed E-state index contributed by atoms with van der Waals surface area (Å²) in [5.41, 5.74) is 3.38. The number of benzene rings is 1. The molecule has 23 heavy (non-hydrogen) atoms. The summed E-state index contributed by atoms with van der Waals surface area (Å²) < 4.78 is 0. The van der Waals surface area contributed by atoms with E-state index in [-0.39, 0.29) is 17.1 Å². The minimum Gasteiger partial charge on any atom is -0.272 e. The van der Waals surface area contributed by atoms with Crippen LogP contribution in [0.1, 0.15) is 26.7 Å². The molecule has 1 aromatic rings. The van der Waals surface area contributed by atoms with Crippen LogP contribution in [-0.2, 0) is 0 Å². The number of hydrogen-bond donors (Lipinski definition) is 1. The van der Waals surface area contributed by atoms with Gasteiger partial charge in [-0.25, -0.2) is 0 Å². The zero-order chi connectivity index (χ0) is 16.7. The Balaban J connectivity index is 1.85. The molecule has 1 aromatic carbocycles. The standard InChI is InChI=1S/C15H18N4O4/c1-8-5-11(8)15(12-6-9(12)2)17-16-13-4-3-10(18(20)21)7-14(13)19(22)23/h3-4,7-9,11-12,16H,5-6H2,1-2H3. The molecule has 0 bridgehead atoms. The quantitative estimate of drug-likeness (QED) is 0.489. The number of nitro groups is 2. The van der Waals surface area contributed by atoms with E-state index in [1.807, 2.05) is 0 Å². The van der Waals surface area contributed by atoms with Gasteiger partial charge in [-0.2, -0.15) is 5.10 Å². The summed E-state index contributed by atoms with van der Waals surface area (Å²) in [7, 11) is 0. The van der Waals surface area contributed by atoms with Crippen molar-refractivity contribution in [1.82, 2.24) is 0 Å². The second kappa shape index (κ2) is 5.60. The molecular weight excluding hydrogens is 300 g/mol. The molecule has 0 saturated heterocycles. The van der Waals surface area contributed by atoms with Crippen molar-refractivity contribution in [1.29, 1.82) is 0 Å². The molecule has 2 saturated carbocycles. The van der Waals surface area contributed by atoms with Gasteiger partial charge in [0.25, 0.3) is 5.69 Å². The highest BCUT2D eigenvalue weighted by Gasteiger charge is 2.47. The lowest BCUT2D eigenvalue weighted by atomic mass is 10.1. The molecule has 0 radical (unpaired) electrons. The molecule has 0 amide bonds. The number of hydrogen-bond acceptors (Lipinski definition) is 6. The van der Waals surface area contributed by atoms with Gasteiger partial charge in [-0.15, -0.1) is 0 Å². The molecule has 8 heteroatoms. The van der Waals surface area contributed by atoms with Gasteiger partial charge in [0, 0.05) is 23.6 Å². The minimum atomic E-state index is -0.650. The predicted molar refractivity (Wildman–Crippen MR) is 85.4 cm³/mol. The van der Waals surface area contributed by atoms with Crippen molar-refractivity contribution in [3.63, 3.8) is 0 Å². The van der Waals surface area contributed by atoms with Crippen molar-refractivity contribution < 1.29 is 9.85 Å². The zero-order valence-electron chi connectivity index (χ0n) is 12.9. The molecule has 1 N–H and O–H groups in total. The van der Waals surface area contributed by atoms with E-state index in [2.05, 4.69) is 24.4 Å². The molecule has 0 heterocycles. The van der Waals surface area contributed by atoms with Gasteiger partial charge >= 0.3 is 5.69 Å². The molecule has 2 aliphatic rings. The van der Waals surface area contributed by atoms with E-state index < -0.39 is 9.85 Å². The average Bonchev–Trinajstić information content (AvgIpc) is 3.39. The van der Waals surface area contributed by atoms with E-state index in [4.69, 9.17) is 0 Å². The van der Waals surface area contributed by atoms with Crippen LogP contribution in [0, 0.1) is 43.9 Å². The average molecular weight is 318 g/mol. The van der Waals surface area contributed by atoms with E-state index in [1.165, 1.54) is 12.1 Å². The second-order valence-electron chi connectivity index (χ2n) is 6.50. The first-order chi connectivity index (χ1) is 10.9. The smallest absolute Gasteiger partial charge is 0.272 e. The highest BCUT2D eigenvalue weighted by molar-refractivity contribution is 5.94. The Kier molecular flexibility index (Phi) is 3.75. The van der Waals surface area contributed by atoms with Crippen molar-refractivity contribution in [3.05, 3.63) is 38.4 Å². The van der Waals surface area contributed by atoms with Gasteiger partial charge < -0.3 is 0 Å². The van der Waals surface area contributed by atoms with Crippen LogP contribution in [0.5, 0.6) is 0 Å². The number of rotatable bonds is 6. The Morgan fingerprint density at radius 2 is 1.70 bits per heavy atom. The molecule has 0 spiro atoms. The van der Waals surface area contributed by atoms with Gasteiger partial charge in [0.1, 0.15) is 5.69 Å². The second-order valence-corrected chi connectivity index (χ2v) is 6.50. The summed E-state index contributed by atoms with van der Waals surface area (Å²) in [6.07, 6.45) is 2.21. The van der Waals surface area contributed by atoms with Crippen LogP contribution in [0.25, 0.3) is 0 Å². The van der Waals surface area contributed by atoms with Gasteiger partial charge in [-0.05, 0) is 30.7 Å². The Labute approximate surface area is 132 Å². The van der Waals surface area contributed by atoms with Gasteiger partial charge in [0.05, 0.1) is 15.9 Å². The largest absolute Gasteiger partial charge is 0.301 e. The Morgan fingerprint density at radius 3 is 2.13 bits per heavy atom. The predicted octanol–water partition coefficient (Wildman–Crippen LogP) is 3.58. The van der Waals surface area contributed by atoms with E-state index in [0.717, 1.165) is 24.6 Å². The number of nitro benzene ring substituents is 2. The monoisotopic (exact) mass is 318 g/mol. The summed E-state index contributed by atoms with van der Waals surface area (Å²) >= 11 is 0. The lowest BCUT2D eigenvalue weighted by Gasteiger charge is -2.07. The Hall–Kier alpha value is -2.51. The molecular formula is C15H18N4O4. The third kappa shape index (κ3) is 3.15. The normalized spacial score (nSPS) is 27.9. The fourth-order valence-electron chi connectivity index (χ4n) is 2.91. The first-order valence-electron chi connectivity index (χ1n) is 7.64. The van der Waals surface area contributed by atoms with E-state index in [0.29, 0.717) is 23.7 Å². The lowest BCUT2D eigenvalue weighted by Crippen LogP contribution is -2.10. The topological polar surface area (TPSA) is 111 Å². The van der Waals surface area contributed by atoms with E-state index in [9.17, 15) is 20.2 Å². The maximum Gasteiger partial charge on any atom is 0.301 e. The summed E-state index contributed by atoms with van der Waals surface area (Å²) in [5, 5.41) is 26.3. The number of hydrazone groups is 1. The Morgan fingerprint density at radius 1 is 1.13 bits per heavy atom. The van der Waals surface area contributed by atoms with E-state index in [1.54, 1.807) is 0 Å². The molecule has 0 aliphatic heterocycles. The first-order valence-corrected chi connectivity index (χ1v) is 7.64. The van der Waals surface area contributed by atoms with Gasteiger partial charge in [-0.3, -0.25) is 25.7 Å². The van der Waals surface area contributed by atoms with Gasteiger partial charge in [0.15, 0.2) is 0 Å². The lowest BCUT2D eigenvalue weighted by molar-refractivity contribution is -0.393. The van der Waals surface area contributed by atoms with Crippen molar-refractivity contribution in [2.45, 2.75) is 26.7 Å².